The molecule has 2 heterocycles. The number of nitrogens with one attached hydrogen (secondary N) is 1. The second kappa shape index (κ2) is 7.07. The van der Waals surface area contributed by atoms with Crippen molar-refractivity contribution in [1.29, 1.82) is 0 Å². The number of carbonyl (C=O) groups is 1. The molecule has 0 fully saturated rings. The minimum Gasteiger partial charge on any atom is -0.369 e. The Morgan fingerprint density at radius 1 is 1.29 bits per heavy atom. The number of anilines is 1. The predicted molar refractivity (Wildman–Crippen MR) is 96.4 cm³/mol. The lowest BCUT2D eigenvalue weighted by atomic mass is 10.2. The number of hydrogen-bond donors (Lipinski definition) is 1. The fourth-order valence-electron chi connectivity index (χ4n) is 3.33. The SMILES string of the molecule is CC(C)c1nccn1[C@H](C)C(=O)NCCN1CCc2ccccc21. The van der Waals surface area contributed by atoms with Gasteiger partial charge in [-0.05, 0) is 25.0 Å². The highest BCUT2D eigenvalue weighted by Gasteiger charge is 2.20. The Hall–Kier alpha value is -2.30. The molecule has 0 saturated heterocycles. The van der Waals surface area contributed by atoms with Crippen molar-refractivity contribution in [1.82, 2.24) is 14.9 Å². The number of carbonyl (C=O) groups excluding carboxylic acids is 1. The number of rotatable bonds is 6. The van der Waals surface area contributed by atoms with Crippen molar-refractivity contribution in [3.05, 3.63) is 48.0 Å². The van der Waals surface area contributed by atoms with E-state index in [1.54, 1.807) is 6.20 Å². The highest BCUT2D eigenvalue weighted by molar-refractivity contribution is 5.80. The Bertz CT molecular complexity index is 707. The van der Waals surface area contributed by atoms with Crippen molar-refractivity contribution >= 4 is 11.6 Å². The van der Waals surface area contributed by atoms with Crippen LogP contribution in [0, 0.1) is 0 Å². The summed E-state index contributed by atoms with van der Waals surface area (Å²) in [6.07, 6.45) is 4.74. The number of hydrogen-bond acceptors (Lipinski definition) is 3. The van der Waals surface area contributed by atoms with Gasteiger partial charge in [0.05, 0.1) is 0 Å². The minimum atomic E-state index is -0.240. The molecule has 1 atom stereocenters. The zero-order valence-corrected chi connectivity index (χ0v) is 14.7. The van der Waals surface area contributed by atoms with Gasteiger partial charge in [-0.25, -0.2) is 4.98 Å². The Morgan fingerprint density at radius 2 is 2.08 bits per heavy atom. The van der Waals surface area contributed by atoms with Gasteiger partial charge in [-0.2, -0.15) is 0 Å². The Kier molecular flexibility index (Phi) is 4.88. The van der Waals surface area contributed by atoms with Crippen LogP contribution in [0.3, 0.4) is 0 Å². The summed E-state index contributed by atoms with van der Waals surface area (Å²) in [5, 5.41) is 3.07. The third-order valence-electron chi connectivity index (χ3n) is 4.68. The molecule has 5 heteroatoms. The van der Waals surface area contributed by atoms with Gasteiger partial charge in [0.25, 0.3) is 0 Å². The molecule has 1 N–H and O–H groups in total. The zero-order valence-electron chi connectivity index (χ0n) is 14.7. The highest BCUT2D eigenvalue weighted by atomic mass is 16.2. The Morgan fingerprint density at radius 3 is 2.88 bits per heavy atom. The summed E-state index contributed by atoms with van der Waals surface area (Å²) in [5.41, 5.74) is 2.70. The van der Waals surface area contributed by atoms with E-state index >= 15 is 0 Å². The average Bonchev–Trinajstić information content (AvgIpc) is 3.21. The molecule has 0 aliphatic carbocycles. The van der Waals surface area contributed by atoms with E-state index in [-0.39, 0.29) is 11.9 Å². The van der Waals surface area contributed by atoms with Gasteiger partial charge in [-0.15, -0.1) is 0 Å². The van der Waals surface area contributed by atoms with Crippen LogP contribution in [0.25, 0.3) is 0 Å². The largest absolute Gasteiger partial charge is 0.369 e. The molecule has 1 amide bonds. The number of amides is 1. The van der Waals surface area contributed by atoms with Gasteiger partial charge in [-0.1, -0.05) is 32.0 Å². The summed E-state index contributed by atoms with van der Waals surface area (Å²) in [6.45, 7) is 8.64. The summed E-state index contributed by atoms with van der Waals surface area (Å²) < 4.78 is 1.96. The van der Waals surface area contributed by atoms with Gasteiger partial charge in [-0.3, -0.25) is 4.79 Å². The second-order valence-electron chi connectivity index (χ2n) is 6.68. The molecule has 3 rings (SSSR count). The van der Waals surface area contributed by atoms with Gasteiger partial charge >= 0.3 is 0 Å². The zero-order chi connectivity index (χ0) is 17.1. The fourth-order valence-corrected chi connectivity index (χ4v) is 3.33. The summed E-state index contributed by atoms with van der Waals surface area (Å²) >= 11 is 0. The summed E-state index contributed by atoms with van der Waals surface area (Å²) in [5.74, 6) is 1.30. The normalized spacial score (nSPS) is 14.8. The van der Waals surface area contributed by atoms with Crippen molar-refractivity contribution in [2.75, 3.05) is 24.5 Å². The number of aromatic nitrogens is 2. The summed E-state index contributed by atoms with van der Waals surface area (Å²) in [6, 6.07) is 8.26. The van der Waals surface area contributed by atoms with Crippen LogP contribution in [0.5, 0.6) is 0 Å². The van der Waals surface area contributed by atoms with Crippen LogP contribution in [0.2, 0.25) is 0 Å². The molecule has 0 unspecified atom stereocenters. The van der Waals surface area contributed by atoms with E-state index in [0.717, 1.165) is 25.3 Å². The first-order valence-corrected chi connectivity index (χ1v) is 8.71. The molecular weight excluding hydrogens is 300 g/mol. The predicted octanol–water partition coefficient (Wildman–Crippen LogP) is 2.75. The number of para-hydroxylation sites is 1. The van der Waals surface area contributed by atoms with Crippen molar-refractivity contribution in [3.8, 4) is 0 Å². The van der Waals surface area contributed by atoms with E-state index in [2.05, 4.69) is 53.3 Å². The number of nitrogens with zero attached hydrogens (tertiary/aromatic N) is 3. The molecule has 2 aromatic rings. The maximum atomic E-state index is 12.5. The fraction of sp³-hybridized carbons (Fsp3) is 0.474. The molecule has 1 aromatic carbocycles. The maximum absolute atomic E-state index is 12.5. The Labute approximate surface area is 143 Å². The third kappa shape index (κ3) is 3.30. The van der Waals surface area contributed by atoms with Crippen molar-refractivity contribution in [2.45, 2.75) is 39.2 Å². The first-order valence-electron chi connectivity index (χ1n) is 8.71. The van der Waals surface area contributed by atoms with E-state index < -0.39 is 0 Å². The topological polar surface area (TPSA) is 50.2 Å². The molecule has 0 bridgehead atoms. The van der Waals surface area contributed by atoms with Crippen molar-refractivity contribution in [2.24, 2.45) is 0 Å². The van der Waals surface area contributed by atoms with Crippen LogP contribution in [-0.4, -0.2) is 35.1 Å². The van der Waals surface area contributed by atoms with Crippen LogP contribution in [-0.2, 0) is 11.2 Å². The van der Waals surface area contributed by atoms with Gasteiger partial charge in [0.1, 0.15) is 11.9 Å². The average molecular weight is 326 g/mol. The van der Waals surface area contributed by atoms with Crippen LogP contribution in [0.15, 0.2) is 36.7 Å². The molecule has 24 heavy (non-hydrogen) atoms. The smallest absolute Gasteiger partial charge is 0.242 e. The molecule has 128 valence electrons. The number of benzene rings is 1. The molecule has 0 spiro atoms. The van der Waals surface area contributed by atoms with E-state index in [1.165, 1.54) is 11.3 Å². The molecule has 0 radical (unpaired) electrons. The van der Waals surface area contributed by atoms with Gasteiger partial charge in [0.15, 0.2) is 0 Å². The first kappa shape index (κ1) is 16.6. The second-order valence-corrected chi connectivity index (χ2v) is 6.68. The standard InChI is InChI=1S/C19H26N4O/c1-14(2)18-20-10-13-23(18)15(3)19(24)21-9-12-22-11-8-16-6-4-5-7-17(16)22/h4-7,10,13-15H,8-9,11-12H2,1-3H3,(H,21,24)/t15-/m1/s1. The van der Waals surface area contributed by atoms with Crippen LogP contribution in [0.1, 0.15) is 44.1 Å². The molecule has 0 saturated carbocycles. The lowest BCUT2D eigenvalue weighted by Crippen LogP contribution is -2.37. The van der Waals surface area contributed by atoms with Gasteiger partial charge in [0, 0.05) is 43.6 Å². The molecule has 5 nitrogen and oxygen atoms in total. The first-order chi connectivity index (χ1) is 11.6. The summed E-state index contributed by atoms with van der Waals surface area (Å²) in [4.78, 5) is 19.2. The van der Waals surface area contributed by atoms with E-state index in [0.29, 0.717) is 12.5 Å². The summed E-state index contributed by atoms with van der Waals surface area (Å²) in [7, 11) is 0. The third-order valence-corrected chi connectivity index (χ3v) is 4.68. The number of fused-ring (bicyclic) bond motifs is 1. The lowest BCUT2D eigenvalue weighted by molar-refractivity contribution is -0.123. The van der Waals surface area contributed by atoms with Crippen molar-refractivity contribution in [3.63, 3.8) is 0 Å². The van der Waals surface area contributed by atoms with Crippen LogP contribution in [0.4, 0.5) is 5.69 Å². The van der Waals surface area contributed by atoms with Crippen LogP contribution >= 0.6 is 0 Å². The van der Waals surface area contributed by atoms with E-state index in [9.17, 15) is 4.79 Å². The van der Waals surface area contributed by atoms with E-state index in [1.807, 2.05) is 17.7 Å². The quantitative estimate of drug-likeness (QED) is 0.888. The molecule has 1 aromatic heterocycles. The molecule has 1 aliphatic rings. The highest BCUT2D eigenvalue weighted by Crippen LogP contribution is 2.26. The minimum absolute atomic E-state index is 0.0439. The van der Waals surface area contributed by atoms with E-state index in [4.69, 9.17) is 0 Å². The Balaban J connectivity index is 1.54. The van der Waals surface area contributed by atoms with Gasteiger partial charge in [0.2, 0.25) is 5.91 Å². The monoisotopic (exact) mass is 326 g/mol. The van der Waals surface area contributed by atoms with Crippen molar-refractivity contribution < 1.29 is 4.79 Å². The lowest BCUT2D eigenvalue weighted by Gasteiger charge is -2.21. The number of imidazole rings is 1. The van der Waals surface area contributed by atoms with Crippen LogP contribution < -0.4 is 10.2 Å². The molecular formula is C19H26N4O. The molecule has 1 aliphatic heterocycles. The maximum Gasteiger partial charge on any atom is 0.242 e. The van der Waals surface area contributed by atoms with Gasteiger partial charge < -0.3 is 14.8 Å².